The van der Waals surface area contributed by atoms with Crippen molar-refractivity contribution in [3.05, 3.63) is 59.4 Å². The first-order valence-electron chi connectivity index (χ1n) is 8.38. The molecule has 6 heteroatoms. The Labute approximate surface area is 145 Å². The second-order valence-electron chi connectivity index (χ2n) is 6.94. The highest BCUT2D eigenvalue weighted by Crippen LogP contribution is 2.40. The molecule has 0 radical (unpaired) electrons. The Hall–Kier alpha value is -2.73. The first-order valence-corrected chi connectivity index (χ1v) is 8.38. The van der Waals surface area contributed by atoms with Gasteiger partial charge in [-0.3, -0.25) is 19.8 Å². The van der Waals surface area contributed by atoms with E-state index < -0.39 is 5.91 Å². The quantitative estimate of drug-likeness (QED) is 0.649. The second kappa shape index (κ2) is 5.97. The third-order valence-electron chi connectivity index (χ3n) is 5.22. The number of rotatable bonds is 2. The minimum atomic E-state index is -0.478. The van der Waals surface area contributed by atoms with Crippen molar-refractivity contribution in [3.63, 3.8) is 0 Å². The number of anilines is 1. The average molecular weight is 337 g/mol. The predicted octanol–water partition coefficient (Wildman–Crippen LogP) is 2.11. The number of amides is 2. The molecule has 1 aliphatic heterocycles. The van der Waals surface area contributed by atoms with E-state index in [9.17, 15) is 14.8 Å². The lowest BCUT2D eigenvalue weighted by atomic mass is 9.71. The molecule has 2 amide bonds. The van der Waals surface area contributed by atoms with Gasteiger partial charge in [-0.2, -0.15) is 5.06 Å². The van der Waals surface area contributed by atoms with E-state index in [2.05, 4.69) is 10.3 Å². The minimum Gasteiger partial charge on any atom is -0.356 e. The van der Waals surface area contributed by atoms with Crippen LogP contribution >= 0.6 is 0 Å². The van der Waals surface area contributed by atoms with Crippen molar-refractivity contribution in [1.29, 1.82) is 0 Å². The van der Waals surface area contributed by atoms with E-state index >= 15 is 0 Å². The maximum Gasteiger partial charge on any atom is 0.282 e. The van der Waals surface area contributed by atoms with E-state index in [0.717, 1.165) is 31.4 Å². The topological polar surface area (TPSA) is 82.5 Å². The van der Waals surface area contributed by atoms with Crippen LogP contribution in [0.25, 0.3) is 0 Å². The maximum absolute atomic E-state index is 12.5. The molecule has 0 saturated carbocycles. The molecule has 1 spiro atoms. The average Bonchev–Trinajstić information content (AvgIpc) is 3.00. The summed E-state index contributed by atoms with van der Waals surface area (Å²) in [6.45, 7) is 0.734. The first kappa shape index (κ1) is 15.8. The zero-order valence-electron chi connectivity index (χ0n) is 13.7. The fourth-order valence-corrected chi connectivity index (χ4v) is 3.83. The predicted molar refractivity (Wildman–Crippen MR) is 91.4 cm³/mol. The highest BCUT2D eigenvalue weighted by molar-refractivity contribution is 6.04. The van der Waals surface area contributed by atoms with E-state index in [1.54, 1.807) is 24.4 Å². The molecule has 1 saturated heterocycles. The number of fused-ring (bicyclic) bond motifs is 1. The van der Waals surface area contributed by atoms with Crippen LogP contribution in [0.3, 0.4) is 0 Å². The van der Waals surface area contributed by atoms with Gasteiger partial charge in [-0.25, -0.2) is 0 Å². The number of hydroxylamine groups is 1. The van der Waals surface area contributed by atoms with Gasteiger partial charge in [0, 0.05) is 30.1 Å². The van der Waals surface area contributed by atoms with Gasteiger partial charge < -0.3 is 5.32 Å². The maximum atomic E-state index is 12.5. The van der Waals surface area contributed by atoms with Crippen LogP contribution in [0.5, 0.6) is 0 Å². The van der Waals surface area contributed by atoms with Crippen molar-refractivity contribution in [2.45, 2.75) is 25.7 Å². The fraction of sp³-hybridized carbons (Fsp3) is 0.316. The molecule has 2 heterocycles. The lowest BCUT2D eigenvalue weighted by Gasteiger charge is -2.33. The van der Waals surface area contributed by atoms with Crippen molar-refractivity contribution in [1.82, 2.24) is 10.3 Å². The SMILES string of the molecule is O=C1C[C@]2(CCc3cc(C(=O)N(O)c4cccnc4)ccc3C2)CN1. The van der Waals surface area contributed by atoms with E-state index in [-0.39, 0.29) is 11.3 Å². The van der Waals surface area contributed by atoms with Crippen LogP contribution in [0.15, 0.2) is 42.7 Å². The van der Waals surface area contributed by atoms with Crippen molar-refractivity contribution in [3.8, 4) is 0 Å². The molecular weight excluding hydrogens is 318 g/mol. The van der Waals surface area contributed by atoms with Crippen LogP contribution in [0, 0.1) is 5.41 Å². The van der Waals surface area contributed by atoms with E-state index in [4.69, 9.17) is 0 Å². The molecular formula is C19H19N3O3. The smallest absolute Gasteiger partial charge is 0.282 e. The molecule has 1 aliphatic carbocycles. The molecule has 1 aromatic heterocycles. The number of benzene rings is 1. The van der Waals surface area contributed by atoms with Gasteiger partial charge in [0.15, 0.2) is 0 Å². The Balaban J connectivity index is 1.56. The largest absolute Gasteiger partial charge is 0.356 e. The molecule has 1 fully saturated rings. The number of aryl methyl sites for hydroxylation is 1. The third-order valence-corrected chi connectivity index (χ3v) is 5.22. The van der Waals surface area contributed by atoms with E-state index in [1.807, 2.05) is 12.1 Å². The summed E-state index contributed by atoms with van der Waals surface area (Å²) in [4.78, 5) is 28.0. The standard InChI is InChI=1S/C19H19N3O3/c23-17-10-19(12-21-17)6-5-13-8-14(3-4-15(13)9-19)18(24)22(25)16-2-1-7-20-11-16/h1-4,7-8,11,25H,5-6,9-10,12H2,(H,21,23)/t19-/m1/s1. The molecule has 2 aromatic rings. The summed E-state index contributed by atoms with van der Waals surface area (Å²) in [6.07, 6.45) is 6.22. The Morgan fingerprint density at radius 2 is 2.12 bits per heavy atom. The number of pyridine rings is 1. The zero-order valence-corrected chi connectivity index (χ0v) is 13.7. The summed E-state index contributed by atoms with van der Waals surface area (Å²) in [5.74, 6) is -0.351. The van der Waals surface area contributed by atoms with Gasteiger partial charge in [0.1, 0.15) is 0 Å². The van der Waals surface area contributed by atoms with Crippen molar-refractivity contribution in [2.75, 3.05) is 11.6 Å². The Kier molecular flexibility index (Phi) is 3.77. The summed E-state index contributed by atoms with van der Waals surface area (Å²) in [7, 11) is 0. The highest BCUT2D eigenvalue weighted by Gasteiger charge is 2.40. The molecule has 25 heavy (non-hydrogen) atoms. The molecule has 2 N–H and O–H groups in total. The van der Waals surface area contributed by atoms with Gasteiger partial charge in [0.2, 0.25) is 5.91 Å². The number of aromatic nitrogens is 1. The summed E-state index contributed by atoms with van der Waals surface area (Å²) in [6, 6.07) is 8.83. The number of nitrogens with zero attached hydrogens (tertiary/aromatic N) is 2. The van der Waals surface area contributed by atoms with Crippen molar-refractivity contribution in [2.24, 2.45) is 5.41 Å². The normalized spacial score (nSPS) is 21.7. The molecule has 2 aliphatic rings. The summed E-state index contributed by atoms with van der Waals surface area (Å²) < 4.78 is 0. The number of hydrogen-bond donors (Lipinski definition) is 2. The Morgan fingerprint density at radius 1 is 1.24 bits per heavy atom. The van der Waals surface area contributed by atoms with Gasteiger partial charge in [0.05, 0.1) is 11.9 Å². The van der Waals surface area contributed by atoms with Crippen molar-refractivity contribution >= 4 is 17.5 Å². The van der Waals surface area contributed by atoms with Crippen LogP contribution < -0.4 is 10.4 Å². The monoisotopic (exact) mass is 337 g/mol. The second-order valence-corrected chi connectivity index (χ2v) is 6.94. The summed E-state index contributed by atoms with van der Waals surface area (Å²) in [5.41, 5.74) is 3.11. The van der Waals surface area contributed by atoms with E-state index in [1.165, 1.54) is 11.8 Å². The van der Waals surface area contributed by atoms with Crippen LogP contribution in [0.2, 0.25) is 0 Å². The van der Waals surface area contributed by atoms with Crippen molar-refractivity contribution < 1.29 is 14.8 Å². The van der Waals surface area contributed by atoms with Gasteiger partial charge in [-0.1, -0.05) is 6.07 Å². The van der Waals surface area contributed by atoms with Gasteiger partial charge in [-0.05, 0) is 54.7 Å². The highest BCUT2D eigenvalue weighted by atomic mass is 16.5. The lowest BCUT2D eigenvalue weighted by molar-refractivity contribution is -0.119. The molecule has 6 nitrogen and oxygen atoms in total. The summed E-state index contributed by atoms with van der Waals surface area (Å²) >= 11 is 0. The Bertz CT molecular complexity index is 837. The summed E-state index contributed by atoms with van der Waals surface area (Å²) in [5, 5.41) is 13.7. The molecule has 0 unspecified atom stereocenters. The Morgan fingerprint density at radius 3 is 2.84 bits per heavy atom. The molecule has 1 aromatic carbocycles. The first-order chi connectivity index (χ1) is 12.1. The number of carbonyl (C=O) groups is 2. The van der Waals surface area contributed by atoms with Crippen LogP contribution in [0.1, 0.15) is 34.3 Å². The van der Waals surface area contributed by atoms with Gasteiger partial charge in [0.25, 0.3) is 5.91 Å². The number of hydrogen-bond acceptors (Lipinski definition) is 4. The molecule has 1 atom stereocenters. The lowest BCUT2D eigenvalue weighted by Crippen LogP contribution is -2.32. The van der Waals surface area contributed by atoms with Crippen LogP contribution in [0.4, 0.5) is 5.69 Å². The number of carbonyl (C=O) groups excluding carboxylic acids is 2. The number of nitrogens with one attached hydrogen (secondary N) is 1. The van der Waals surface area contributed by atoms with Gasteiger partial charge >= 0.3 is 0 Å². The fourth-order valence-electron chi connectivity index (χ4n) is 3.83. The third kappa shape index (κ3) is 2.89. The molecule has 4 rings (SSSR count). The minimum absolute atomic E-state index is 0.0222. The molecule has 0 bridgehead atoms. The van der Waals surface area contributed by atoms with Gasteiger partial charge in [-0.15, -0.1) is 0 Å². The van der Waals surface area contributed by atoms with E-state index in [0.29, 0.717) is 22.7 Å². The van der Waals surface area contributed by atoms with Crippen LogP contribution in [-0.4, -0.2) is 28.6 Å². The van der Waals surface area contributed by atoms with Crippen LogP contribution in [-0.2, 0) is 17.6 Å². The zero-order chi connectivity index (χ0) is 17.4. The molecule has 128 valence electrons.